The molecule has 0 unspecified atom stereocenters. The van der Waals surface area contributed by atoms with Gasteiger partial charge in [-0.2, -0.15) is 0 Å². The van der Waals surface area contributed by atoms with E-state index >= 15 is 0 Å². The van der Waals surface area contributed by atoms with Crippen LogP contribution in [0, 0.1) is 5.82 Å². The number of thiocarbonyl (C=S) groups is 1. The first-order chi connectivity index (χ1) is 10.1. The Morgan fingerprint density at radius 3 is 2.48 bits per heavy atom. The molecule has 2 rings (SSSR count). The van der Waals surface area contributed by atoms with Gasteiger partial charge in [-0.3, -0.25) is 9.78 Å². The second-order valence-electron chi connectivity index (χ2n) is 5.52. The molecule has 0 aromatic carbocycles. The van der Waals surface area contributed by atoms with E-state index in [1.807, 2.05) is 0 Å². The predicted molar refractivity (Wildman–Crippen MR) is 83.5 cm³/mol. The largest absolute Gasteiger partial charge is 0.391 e. The van der Waals surface area contributed by atoms with Crippen LogP contribution in [-0.2, 0) is 0 Å². The van der Waals surface area contributed by atoms with Crippen LogP contribution in [0.3, 0.4) is 0 Å². The van der Waals surface area contributed by atoms with Gasteiger partial charge in [0.1, 0.15) is 0 Å². The average molecular weight is 309 g/mol. The number of nitrogens with two attached hydrogens (primary N) is 1. The Hall–Kier alpha value is -1.56. The topological polar surface area (TPSA) is 68.0 Å². The number of carbonyl (C=O) groups is 1. The van der Waals surface area contributed by atoms with Gasteiger partial charge in [0, 0.05) is 6.20 Å². The lowest BCUT2D eigenvalue weighted by Gasteiger charge is -2.35. The summed E-state index contributed by atoms with van der Waals surface area (Å²) in [4.78, 5) is 16.3. The van der Waals surface area contributed by atoms with Gasteiger partial charge in [0.05, 0.1) is 22.3 Å². The zero-order valence-electron chi connectivity index (χ0n) is 11.9. The Morgan fingerprint density at radius 2 is 1.90 bits per heavy atom. The Labute approximate surface area is 129 Å². The summed E-state index contributed by atoms with van der Waals surface area (Å²) in [6.45, 7) is 0. The summed E-state index contributed by atoms with van der Waals surface area (Å²) in [5.41, 5.74) is 5.17. The third kappa shape index (κ3) is 3.75. The fourth-order valence-electron chi connectivity index (χ4n) is 2.79. The van der Waals surface area contributed by atoms with Crippen LogP contribution in [0.15, 0.2) is 18.5 Å². The van der Waals surface area contributed by atoms with Gasteiger partial charge >= 0.3 is 0 Å². The summed E-state index contributed by atoms with van der Waals surface area (Å²) < 4.78 is 13.7. The lowest BCUT2D eigenvalue weighted by Crippen LogP contribution is -2.57. The van der Waals surface area contributed by atoms with E-state index in [0.29, 0.717) is 12.8 Å². The highest BCUT2D eigenvalue weighted by Crippen LogP contribution is 2.27. The molecule has 1 aliphatic rings. The molecule has 114 valence electrons. The molecule has 1 saturated carbocycles. The van der Waals surface area contributed by atoms with Crippen LogP contribution in [0.2, 0.25) is 0 Å². The van der Waals surface area contributed by atoms with Crippen LogP contribution in [0.5, 0.6) is 0 Å². The van der Waals surface area contributed by atoms with E-state index in [0.717, 1.165) is 31.9 Å². The zero-order valence-corrected chi connectivity index (χ0v) is 12.7. The molecule has 3 N–H and O–H groups in total. The molecule has 0 bridgehead atoms. The SMILES string of the molecule is NC(=S)C1(NC(=O)c2ccncc2F)CCCCCCC1. The van der Waals surface area contributed by atoms with Crippen molar-refractivity contribution in [2.45, 2.75) is 50.5 Å². The maximum atomic E-state index is 13.7. The molecule has 4 nitrogen and oxygen atoms in total. The highest BCUT2D eigenvalue weighted by Gasteiger charge is 2.35. The van der Waals surface area contributed by atoms with E-state index < -0.39 is 17.3 Å². The molecule has 6 heteroatoms. The van der Waals surface area contributed by atoms with Crippen LogP contribution in [0.1, 0.15) is 55.3 Å². The molecule has 0 radical (unpaired) electrons. The number of nitrogens with one attached hydrogen (secondary N) is 1. The number of carbonyl (C=O) groups excluding carboxylic acids is 1. The standard InChI is InChI=1S/C15H20FN3OS/c16-12-10-18-9-6-11(12)13(20)19-15(14(17)21)7-4-2-1-3-5-8-15/h6,9-10H,1-5,7-8H2,(H2,17,21)(H,19,20). The molecule has 1 aromatic rings. The zero-order chi connectivity index (χ0) is 15.3. The van der Waals surface area contributed by atoms with Gasteiger partial charge in [-0.1, -0.05) is 44.3 Å². The molecule has 1 amide bonds. The molecular weight excluding hydrogens is 289 g/mol. The Balaban J connectivity index is 2.21. The summed E-state index contributed by atoms with van der Waals surface area (Å²) in [5.74, 6) is -1.12. The number of halogens is 1. The molecule has 0 aliphatic heterocycles. The van der Waals surface area contributed by atoms with Gasteiger partial charge in [-0.15, -0.1) is 0 Å². The van der Waals surface area contributed by atoms with Gasteiger partial charge in [0.2, 0.25) is 0 Å². The number of nitrogens with zero attached hydrogens (tertiary/aromatic N) is 1. The van der Waals surface area contributed by atoms with Crippen LogP contribution < -0.4 is 11.1 Å². The molecule has 21 heavy (non-hydrogen) atoms. The van der Waals surface area contributed by atoms with Gasteiger partial charge < -0.3 is 11.1 Å². The third-order valence-electron chi connectivity index (χ3n) is 4.05. The predicted octanol–water partition coefficient (Wildman–Crippen LogP) is 2.72. The summed E-state index contributed by atoms with van der Waals surface area (Å²) in [6.07, 6.45) is 9.15. The van der Waals surface area contributed by atoms with Crippen molar-refractivity contribution < 1.29 is 9.18 Å². The van der Waals surface area contributed by atoms with Crippen LogP contribution in [0.25, 0.3) is 0 Å². The second kappa shape index (κ2) is 6.93. The summed E-state index contributed by atoms with van der Waals surface area (Å²) in [5, 5.41) is 2.88. The monoisotopic (exact) mass is 309 g/mol. The van der Waals surface area contributed by atoms with Crippen LogP contribution in [0.4, 0.5) is 4.39 Å². The first kappa shape index (κ1) is 15.8. The number of hydrogen-bond donors (Lipinski definition) is 2. The molecule has 1 heterocycles. The number of rotatable bonds is 3. The normalized spacial score (nSPS) is 18.3. The van der Waals surface area contributed by atoms with Crippen molar-refractivity contribution in [1.82, 2.24) is 10.3 Å². The minimum absolute atomic E-state index is 0.0253. The molecule has 0 saturated heterocycles. The maximum Gasteiger partial charge on any atom is 0.255 e. The van der Waals surface area contributed by atoms with Crippen molar-refractivity contribution in [3.05, 3.63) is 29.8 Å². The quantitative estimate of drug-likeness (QED) is 0.842. The highest BCUT2D eigenvalue weighted by atomic mass is 32.1. The van der Waals surface area contributed by atoms with Crippen molar-refractivity contribution in [2.24, 2.45) is 5.73 Å². The molecule has 1 aromatic heterocycles. The van der Waals surface area contributed by atoms with Crippen molar-refractivity contribution in [1.29, 1.82) is 0 Å². The van der Waals surface area contributed by atoms with E-state index in [2.05, 4.69) is 10.3 Å². The summed E-state index contributed by atoms with van der Waals surface area (Å²) in [7, 11) is 0. The molecule has 0 atom stereocenters. The van der Waals surface area contributed by atoms with Crippen molar-refractivity contribution >= 4 is 23.1 Å². The van der Waals surface area contributed by atoms with Gasteiger partial charge in [-0.05, 0) is 18.9 Å². The Bertz CT molecular complexity index is 527. The van der Waals surface area contributed by atoms with Gasteiger partial charge in [0.15, 0.2) is 5.82 Å². The third-order valence-corrected chi connectivity index (χ3v) is 4.44. The maximum absolute atomic E-state index is 13.7. The Morgan fingerprint density at radius 1 is 1.29 bits per heavy atom. The van der Waals surface area contributed by atoms with Gasteiger partial charge in [-0.25, -0.2) is 4.39 Å². The van der Waals surface area contributed by atoms with Gasteiger partial charge in [0.25, 0.3) is 5.91 Å². The fraction of sp³-hybridized carbons (Fsp3) is 0.533. The fourth-order valence-corrected chi connectivity index (χ4v) is 3.04. The number of pyridine rings is 1. The molecule has 1 fully saturated rings. The lowest BCUT2D eigenvalue weighted by atomic mass is 9.83. The van der Waals surface area contributed by atoms with E-state index in [1.165, 1.54) is 18.7 Å². The van der Waals surface area contributed by atoms with E-state index in [1.54, 1.807) is 0 Å². The van der Waals surface area contributed by atoms with Crippen LogP contribution in [-0.4, -0.2) is 21.4 Å². The second-order valence-corrected chi connectivity index (χ2v) is 5.96. The van der Waals surface area contributed by atoms with E-state index in [-0.39, 0.29) is 10.6 Å². The minimum Gasteiger partial charge on any atom is -0.391 e. The molecule has 0 spiro atoms. The number of hydrogen-bond acceptors (Lipinski definition) is 3. The smallest absolute Gasteiger partial charge is 0.255 e. The Kier molecular flexibility index (Phi) is 5.22. The lowest BCUT2D eigenvalue weighted by molar-refractivity contribution is 0.0908. The molecular formula is C15H20FN3OS. The van der Waals surface area contributed by atoms with Crippen molar-refractivity contribution in [2.75, 3.05) is 0 Å². The summed E-state index contributed by atoms with van der Waals surface area (Å²) >= 11 is 5.19. The van der Waals surface area contributed by atoms with E-state index in [9.17, 15) is 9.18 Å². The minimum atomic E-state index is -0.706. The first-order valence-electron chi connectivity index (χ1n) is 7.27. The average Bonchev–Trinajstić information content (AvgIpc) is 2.42. The van der Waals surface area contributed by atoms with Crippen molar-refractivity contribution in [3.8, 4) is 0 Å². The first-order valence-corrected chi connectivity index (χ1v) is 7.68. The molecule has 1 aliphatic carbocycles. The van der Waals surface area contributed by atoms with E-state index in [4.69, 9.17) is 18.0 Å². The summed E-state index contributed by atoms with van der Waals surface area (Å²) in [6, 6.07) is 1.36. The highest BCUT2D eigenvalue weighted by molar-refractivity contribution is 7.80. The number of amides is 1. The van der Waals surface area contributed by atoms with Crippen molar-refractivity contribution in [3.63, 3.8) is 0 Å². The number of aromatic nitrogens is 1. The van der Waals surface area contributed by atoms with Crippen LogP contribution >= 0.6 is 12.2 Å².